The van der Waals surface area contributed by atoms with Crippen molar-refractivity contribution in [2.75, 3.05) is 25.1 Å². The van der Waals surface area contributed by atoms with Crippen molar-refractivity contribution in [3.05, 3.63) is 10.6 Å². The molecule has 1 aromatic rings. The maximum absolute atomic E-state index is 12.2. The van der Waals surface area contributed by atoms with Gasteiger partial charge >= 0.3 is 6.09 Å². The molecule has 0 bridgehead atoms. The van der Waals surface area contributed by atoms with E-state index >= 15 is 0 Å². The number of carbonyl (C=O) groups is 1. The normalized spacial score (nSPS) is 19.3. The average Bonchev–Trinajstić information content (AvgIpc) is 2.87. The number of carbonyl (C=O) groups excluding carboxylic acids is 1. The van der Waals surface area contributed by atoms with Gasteiger partial charge in [-0.1, -0.05) is 11.3 Å². The Labute approximate surface area is 141 Å². The number of hydrogen-bond acceptors (Lipinski definition) is 6. The Morgan fingerprint density at radius 2 is 2.13 bits per heavy atom. The molecule has 0 aromatic carbocycles. The highest BCUT2D eigenvalue weighted by Gasteiger charge is 2.28. The average molecular weight is 339 g/mol. The van der Waals surface area contributed by atoms with Crippen LogP contribution < -0.4 is 5.32 Å². The van der Waals surface area contributed by atoms with Crippen LogP contribution in [0.1, 0.15) is 44.2 Å². The molecule has 0 radical (unpaired) electrons. The van der Waals surface area contributed by atoms with Crippen molar-refractivity contribution in [3.63, 3.8) is 0 Å². The predicted octanol–water partition coefficient (Wildman–Crippen LogP) is 3.03. The summed E-state index contributed by atoms with van der Waals surface area (Å²) < 4.78 is 10.8. The molecular formula is C16H25N3O3S. The van der Waals surface area contributed by atoms with E-state index in [1.807, 2.05) is 20.8 Å². The molecule has 1 amide bonds. The first-order chi connectivity index (χ1) is 10.9. The van der Waals surface area contributed by atoms with E-state index in [2.05, 4.69) is 5.32 Å². The summed E-state index contributed by atoms with van der Waals surface area (Å²) in [6.07, 6.45) is 2.60. The van der Waals surface area contributed by atoms with Crippen molar-refractivity contribution < 1.29 is 14.3 Å². The third kappa shape index (κ3) is 4.35. The largest absolute Gasteiger partial charge is 0.444 e. The van der Waals surface area contributed by atoms with E-state index < -0.39 is 5.60 Å². The van der Waals surface area contributed by atoms with Gasteiger partial charge in [0.25, 0.3) is 0 Å². The van der Waals surface area contributed by atoms with Crippen LogP contribution in [0.3, 0.4) is 0 Å². The van der Waals surface area contributed by atoms with Crippen molar-refractivity contribution in [3.8, 4) is 0 Å². The number of thiazole rings is 1. The van der Waals surface area contributed by atoms with E-state index in [1.54, 1.807) is 16.2 Å². The fourth-order valence-corrected chi connectivity index (χ4v) is 3.86. The first-order valence-corrected chi connectivity index (χ1v) is 9.03. The molecule has 0 atom stereocenters. The van der Waals surface area contributed by atoms with Gasteiger partial charge in [0.15, 0.2) is 5.13 Å². The van der Waals surface area contributed by atoms with Gasteiger partial charge in [-0.2, -0.15) is 0 Å². The summed E-state index contributed by atoms with van der Waals surface area (Å²) in [7, 11) is 0. The molecule has 1 saturated heterocycles. The van der Waals surface area contributed by atoms with E-state index in [-0.39, 0.29) is 6.09 Å². The van der Waals surface area contributed by atoms with E-state index in [4.69, 9.17) is 14.5 Å². The Kier molecular flexibility index (Phi) is 4.77. The molecule has 0 saturated carbocycles. The summed E-state index contributed by atoms with van der Waals surface area (Å²) in [6.45, 7) is 8.57. The zero-order chi connectivity index (χ0) is 16.4. The Morgan fingerprint density at radius 1 is 1.39 bits per heavy atom. The van der Waals surface area contributed by atoms with Crippen molar-refractivity contribution in [1.29, 1.82) is 0 Å². The summed E-state index contributed by atoms with van der Waals surface area (Å²) >= 11 is 1.66. The van der Waals surface area contributed by atoms with E-state index in [9.17, 15) is 4.79 Å². The van der Waals surface area contributed by atoms with Crippen LogP contribution in [-0.2, 0) is 22.4 Å². The van der Waals surface area contributed by atoms with Gasteiger partial charge in [-0.25, -0.2) is 9.78 Å². The Hall–Kier alpha value is -1.34. The van der Waals surface area contributed by atoms with E-state index in [0.717, 1.165) is 48.2 Å². The van der Waals surface area contributed by atoms with Gasteiger partial charge in [0.2, 0.25) is 0 Å². The van der Waals surface area contributed by atoms with Gasteiger partial charge in [0, 0.05) is 37.1 Å². The Bertz CT molecular complexity index is 561. The van der Waals surface area contributed by atoms with Gasteiger partial charge < -0.3 is 19.7 Å². The first kappa shape index (κ1) is 16.5. The van der Waals surface area contributed by atoms with Crippen molar-refractivity contribution >= 4 is 22.6 Å². The Balaban J connectivity index is 1.61. The molecule has 7 heteroatoms. The van der Waals surface area contributed by atoms with Crippen LogP contribution in [0.2, 0.25) is 0 Å². The van der Waals surface area contributed by atoms with E-state index in [1.165, 1.54) is 0 Å². The van der Waals surface area contributed by atoms with Crippen LogP contribution >= 0.6 is 11.3 Å². The van der Waals surface area contributed by atoms with Crippen LogP contribution in [0.25, 0.3) is 0 Å². The zero-order valence-electron chi connectivity index (χ0n) is 14.1. The molecular weight excluding hydrogens is 314 g/mol. The molecule has 23 heavy (non-hydrogen) atoms. The van der Waals surface area contributed by atoms with Crippen LogP contribution in [-0.4, -0.2) is 47.4 Å². The predicted molar refractivity (Wildman–Crippen MR) is 89.9 cm³/mol. The summed E-state index contributed by atoms with van der Waals surface area (Å²) in [5, 5.41) is 4.48. The number of nitrogens with one attached hydrogen (secondary N) is 1. The second-order valence-corrected chi connectivity index (χ2v) is 8.16. The molecule has 3 rings (SSSR count). The Morgan fingerprint density at radius 3 is 2.83 bits per heavy atom. The minimum absolute atomic E-state index is 0.240. The van der Waals surface area contributed by atoms with Gasteiger partial charge in [-0.05, 0) is 33.6 Å². The SMILES string of the molecule is CC(C)(C)OC(=O)N1CCc2nc(NC3CCOCC3)sc2C1. The minimum Gasteiger partial charge on any atom is -0.444 e. The lowest BCUT2D eigenvalue weighted by Gasteiger charge is -2.29. The minimum atomic E-state index is -0.458. The smallest absolute Gasteiger partial charge is 0.410 e. The van der Waals surface area contributed by atoms with Crippen LogP contribution in [0.5, 0.6) is 0 Å². The second kappa shape index (κ2) is 6.65. The topological polar surface area (TPSA) is 63.7 Å². The van der Waals surface area contributed by atoms with Gasteiger partial charge in [0.05, 0.1) is 12.2 Å². The first-order valence-electron chi connectivity index (χ1n) is 8.21. The maximum Gasteiger partial charge on any atom is 0.410 e. The molecule has 1 fully saturated rings. The number of fused-ring (bicyclic) bond motifs is 1. The molecule has 1 N–H and O–H groups in total. The highest BCUT2D eigenvalue weighted by molar-refractivity contribution is 7.15. The third-order valence-electron chi connectivity index (χ3n) is 3.93. The summed E-state index contributed by atoms with van der Waals surface area (Å²) in [4.78, 5) is 19.8. The molecule has 0 spiro atoms. The third-order valence-corrected chi connectivity index (χ3v) is 4.95. The van der Waals surface area contributed by atoms with Crippen LogP contribution in [0.4, 0.5) is 9.93 Å². The lowest BCUT2D eigenvalue weighted by molar-refractivity contribution is 0.0225. The summed E-state index contributed by atoms with van der Waals surface area (Å²) in [6, 6.07) is 0.443. The monoisotopic (exact) mass is 339 g/mol. The zero-order valence-corrected chi connectivity index (χ0v) is 14.9. The number of aromatic nitrogens is 1. The van der Waals surface area contributed by atoms with Crippen molar-refractivity contribution in [2.45, 2.75) is 58.2 Å². The van der Waals surface area contributed by atoms with Crippen LogP contribution in [0, 0.1) is 0 Å². The maximum atomic E-state index is 12.2. The molecule has 128 valence electrons. The summed E-state index contributed by atoms with van der Waals surface area (Å²) in [5.41, 5.74) is 0.658. The quantitative estimate of drug-likeness (QED) is 0.897. The molecule has 2 aliphatic rings. The van der Waals surface area contributed by atoms with Gasteiger partial charge in [-0.3, -0.25) is 0 Å². The van der Waals surface area contributed by atoms with Crippen molar-refractivity contribution in [2.24, 2.45) is 0 Å². The molecule has 1 aromatic heterocycles. The number of hydrogen-bond donors (Lipinski definition) is 1. The van der Waals surface area contributed by atoms with Gasteiger partial charge in [-0.15, -0.1) is 0 Å². The van der Waals surface area contributed by atoms with E-state index in [0.29, 0.717) is 19.1 Å². The lowest BCUT2D eigenvalue weighted by atomic mass is 10.1. The highest BCUT2D eigenvalue weighted by Crippen LogP contribution is 2.30. The second-order valence-electron chi connectivity index (χ2n) is 7.07. The molecule has 3 heterocycles. The molecule has 0 unspecified atom stereocenters. The lowest BCUT2D eigenvalue weighted by Crippen LogP contribution is -2.39. The number of ether oxygens (including phenoxy) is 2. The van der Waals surface area contributed by atoms with Gasteiger partial charge in [0.1, 0.15) is 5.60 Å². The molecule has 6 nitrogen and oxygen atoms in total. The number of amides is 1. The summed E-state index contributed by atoms with van der Waals surface area (Å²) in [5.74, 6) is 0. The fraction of sp³-hybridized carbons (Fsp3) is 0.750. The number of rotatable bonds is 2. The number of anilines is 1. The fourth-order valence-electron chi connectivity index (χ4n) is 2.76. The standard InChI is InChI=1S/C16H25N3O3S/c1-16(2,3)22-15(20)19-7-4-12-13(10-19)23-14(18-12)17-11-5-8-21-9-6-11/h11H,4-10H2,1-3H3,(H,17,18). The molecule has 0 aliphatic carbocycles. The number of nitrogens with zero attached hydrogens (tertiary/aromatic N) is 2. The highest BCUT2D eigenvalue weighted by atomic mass is 32.1. The molecule has 2 aliphatic heterocycles. The van der Waals surface area contributed by atoms with Crippen molar-refractivity contribution in [1.82, 2.24) is 9.88 Å². The van der Waals surface area contributed by atoms with Crippen LogP contribution in [0.15, 0.2) is 0 Å².